The zero-order valence-corrected chi connectivity index (χ0v) is 21.7. The maximum absolute atomic E-state index is 14.0. The molecule has 1 fully saturated rings. The van der Waals surface area contributed by atoms with Crippen molar-refractivity contribution in [1.82, 2.24) is 15.5 Å². The minimum atomic E-state index is -0.808. The molecule has 1 aromatic rings. The van der Waals surface area contributed by atoms with Gasteiger partial charge in [-0.3, -0.25) is 9.59 Å². The lowest BCUT2D eigenvalue weighted by Crippen LogP contribution is -2.54. The molecular formula is C27H41N3O4. The summed E-state index contributed by atoms with van der Waals surface area (Å²) in [5, 5.41) is 5.75. The van der Waals surface area contributed by atoms with Gasteiger partial charge in [-0.1, -0.05) is 44.7 Å². The maximum Gasteiger partial charge on any atom is 0.408 e. The molecule has 0 radical (unpaired) electrons. The first kappa shape index (κ1) is 27.4. The smallest absolute Gasteiger partial charge is 0.408 e. The van der Waals surface area contributed by atoms with E-state index in [4.69, 9.17) is 4.74 Å². The number of ether oxygens (including phenoxy) is 1. The van der Waals surface area contributed by atoms with Crippen LogP contribution in [0.2, 0.25) is 0 Å². The first-order chi connectivity index (χ1) is 15.8. The number of alkyl carbamates (subject to hydrolysis) is 1. The Morgan fingerprint density at radius 3 is 2.29 bits per heavy atom. The van der Waals surface area contributed by atoms with Crippen molar-refractivity contribution in [1.29, 1.82) is 0 Å². The fourth-order valence-corrected chi connectivity index (χ4v) is 3.85. The van der Waals surface area contributed by atoms with Crippen molar-refractivity contribution in [2.24, 2.45) is 5.92 Å². The summed E-state index contributed by atoms with van der Waals surface area (Å²) in [4.78, 5) is 41.7. The van der Waals surface area contributed by atoms with Crippen LogP contribution in [0.15, 0.2) is 30.8 Å². The van der Waals surface area contributed by atoms with Crippen molar-refractivity contribution in [3.63, 3.8) is 0 Å². The molecule has 1 saturated carbocycles. The van der Waals surface area contributed by atoms with E-state index >= 15 is 0 Å². The molecular weight excluding hydrogens is 430 g/mol. The second-order valence-corrected chi connectivity index (χ2v) is 10.7. The lowest BCUT2D eigenvalue weighted by Gasteiger charge is -2.35. The molecule has 1 aromatic carbocycles. The molecule has 1 aliphatic rings. The highest BCUT2D eigenvalue weighted by atomic mass is 16.6. The van der Waals surface area contributed by atoms with E-state index in [9.17, 15) is 14.4 Å². The molecule has 188 valence electrons. The standard InChI is InChI=1S/C27H41N3O4/c1-9-19-11-10-12-20(16-19)23(24(31)28-18(4)5)30(21-13-14-21)25(32)22(15-17(2)3)29-26(33)34-27(6,7)8/h9-12,16-18,21-23H,1,13-15H2,2-8H3,(H,28,31)(H,29,33). The maximum atomic E-state index is 14.0. The Balaban J connectivity index is 2.46. The van der Waals surface area contributed by atoms with E-state index in [1.165, 1.54) is 0 Å². The van der Waals surface area contributed by atoms with Crippen molar-refractivity contribution in [3.8, 4) is 0 Å². The zero-order valence-electron chi connectivity index (χ0n) is 21.7. The van der Waals surface area contributed by atoms with E-state index < -0.39 is 23.8 Å². The summed E-state index contributed by atoms with van der Waals surface area (Å²) in [6, 6.07) is 5.77. The van der Waals surface area contributed by atoms with Gasteiger partial charge in [-0.2, -0.15) is 0 Å². The van der Waals surface area contributed by atoms with Crippen LogP contribution in [0.25, 0.3) is 6.08 Å². The summed E-state index contributed by atoms with van der Waals surface area (Å²) < 4.78 is 5.42. The number of hydrogen-bond donors (Lipinski definition) is 2. The van der Waals surface area contributed by atoms with E-state index in [0.29, 0.717) is 6.42 Å². The fourth-order valence-electron chi connectivity index (χ4n) is 3.85. The van der Waals surface area contributed by atoms with E-state index in [-0.39, 0.29) is 29.8 Å². The minimum absolute atomic E-state index is 0.0575. The van der Waals surface area contributed by atoms with Gasteiger partial charge in [-0.05, 0) is 77.0 Å². The second-order valence-electron chi connectivity index (χ2n) is 10.7. The Bertz CT molecular complexity index is 884. The minimum Gasteiger partial charge on any atom is -0.444 e. The summed E-state index contributed by atoms with van der Waals surface area (Å²) in [5.74, 6) is -0.357. The molecule has 1 aliphatic carbocycles. The molecule has 0 heterocycles. The number of rotatable bonds is 10. The van der Waals surface area contributed by atoms with Crippen molar-refractivity contribution >= 4 is 24.0 Å². The lowest BCUT2D eigenvalue weighted by atomic mass is 9.97. The third kappa shape index (κ3) is 8.19. The molecule has 3 amide bonds. The fraction of sp³-hybridized carbons (Fsp3) is 0.593. The van der Waals surface area contributed by atoms with Gasteiger partial charge in [0.1, 0.15) is 17.7 Å². The van der Waals surface area contributed by atoms with Crippen LogP contribution in [0.5, 0.6) is 0 Å². The second kappa shape index (κ2) is 11.5. The zero-order chi connectivity index (χ0) is 25.6. The number of benzene rings is 1. The van der Waals surface area contributed by atoms with Gasteiger partial charge < -0.3 is 20.3 Å². The normalized spacial score (nSPS) is 15.4. The number of nitrogens with one attached hydrogen (secondary N) is 2. The van der Waals surface area contributed by atoms with Crippen LogP contribution in [0.1, 0.15) is 84.9 Å². The quantitative estimate of drug-likeness (QED) is 0.512. The van der Waals surface area contributed by atoms with Crippen molar-refractivity contribution in [2.45, 2.75) is 97.5 Å². The van der Waals surface area contributed by atoms with Crippen molar-refractivity contribution in [3.05, 3.63) is 42.0 Å². The highest BCUT2D eigenvalue weighted by Crippen LogP contribution is 2.36. The number of nitrogens with zero attached hydrogens (tertiary/aromatic N) is 1. The topological polar surface area (TPSA) is 87.7 Å². The molecule has 2 unspecified atom stereocenters. The average Bonchev–Trinajstić information content (AvgIpc) is 3.53. The molecule has 2 rings (SSSR count). The highest BCUT2D eigenvalue weighted by molar-refractivity contribution is 5.92. The summed E-state index contributed by atoms with van der Waals surface area (Å²) in [7, 11) is 0. The number of carbonyl (C=O) groups excluding carboxylic acids is 3. The Labute approximate surface area is 204 Å². The number of carbonyl (C=O) groups is 3. The third-order valence-electron chi connectivity index (χ3n) is 5.31. The summed E-state index contributed by atoms with van der Waals surface area (Å²) in [5.41, 5.74) is 0.904. The molecule has 34 heavy (non-hydrogen) atoms. The first-order valence-corrected chi connectivity index (χ1v) is 12.2. The average molecular weight is 472 g/mol. The van der Waals surface area contributed by atoms with Gasteiger partial charge in [0.15, 0.2) is 0 Å². The van der Waals surface area contributed by atoms with Gasteiger partial charge in [-0.25, -0.2) is 4.79 Å². The molecule has 2 atom stereocenters. The summed E-state index contributed by atoms with van der Waals surface area (Å²) in [6.45, 7) is 16.9. The van der Waals surface area contributed by atoms with Crippen LogP contribution >= 0.6 is 0 Å². The third-order valence-corrected chi connectivity index (χ3v) is 5.31. The van der Waals surface area contributed by atoms with E-state index in [2.05, 4.69) is 17.2 Å². The molecule has 7 heteroatoms. The molecule has 0 bridgehead atoms. The van der Waals surface area contributed by atoms with Crippen LogP contribution < -0.4 is 10.6 Å². The summed E-state index contributed by atoms with van der Waals surface area (Å²) in [6.07, 6.45) is 3.15. The highest BCUT2D eigenvalue weighted by Gasteiger charge is 2.44. The molecule has 2 N–H and O–H groups in total. The van der Waals surface area contributed by atoms with Gasteiger partial charge in [0.25, 0.3) is 0 Å². The van der Waals surface area contributed by atoms with Crippen molar-refractivity contribution < 1.29 is 19.1 Å². The van der Waals surface area contributed by atoms with Gasteiger partial charge >= 0.3 is 6.09 Å². The molecule has 0 spiro atoms. The monoisotopic (exact) mass is 471 g/mol. The molecule has 7 nitrogen and oxygen atoms in total. The Morgan fingerprint density at radius 1 is 1.15 bits per heavy atom. The van der Waals surface area contributed by atoms with E-state index in [0.717, 1.165) is 24.0 Å². The van der Waals surface area contributed by atoms with Gasteiger partial charge in [0.2, 0.25) is 11.8 Å². The lowest BCUT2D eigenvalue weighted by molar-refractivity contribution is -0.143. The number of hydrogen-bond acceptors (Lipinski definition) is 4. The predicted octanol–water partition coefficient (Wildman–Crippen LogP) is 4.83. The van der Waals surface area contributed by atoms with Crippen LogP contribution in [-0.4, -0.2) is 46.5 Å². The first-order valence-electron chi connectivity index (χ1n) is 12.2. The Hall–Kier alpha value is -2.83. The number of amides is 3. The molecule has 0 aliphatic heterocycles. The molecule has 0 saturated heterocycles. The molecule has 0 aromatic heterocycles. The van der Waals surface area contributed by atoms with Crippen LogP contribution in [0.3, 0.4) is 0 Å². The Kier molecular flexibility index (Phi) is 9.30. The van der Waals surface area contributed by atoms with Gasteiger partial charge in [0, 0.05) is 12.1 Å². The van der Waals surface area contributed by atoms with Crippen LogP contribution in [0.4, 0.5) is 4.79 Å². The van der Waals surface area contributed by atoms with Crippen LogP contribution in [-0.2, 0) is 14.3 Å². The summed E-state index contributed by atoms with van der Waals surface area (Å²) >= 11 is 0. The van der Waals surface area contributed by atoms with Crippen molar-refractivity contribution in [2.75, 3.05) is 0 Å². The van der Waals surface area contributed by atoms with Gasteiger partial charge in [-0.15, -0.1) is 0 Å². The Morgan fingerprint density at radius 2 is 1.79 bits per heavy atom. The van der Waals surface area contributed by atoms with Gasteiger partial charge in [0.05, 0.1) is 0 Å². The van der Waals surface area contributed by atoms with E-state index in [1.54, 1.807) is 31.7 Å². The predicted molar refractivity (Wildman–Crippen MR) is 135 cm³/mol. The largest absolute Gasteiger partial charge is 0.444 e. The SMILES string of the molecule is C=Cc1cccc(C(C(=O)NC(C)C)N(C(=O)C(CC(C)C)NC(=O)OC(C)(C)C)C2CC2)c1. The van der Waals surface area contributed by atoms with Crippen LogP contribution in [0, 0.1) is 5.92 Å². The van der Waals surface area contributed by atoms with E-state index in [1.807, 2.05) is 52.0 Å².